The first-order chi connectivity index (χ1) is 10.2. The van der Waals surface area contributed by atoms with Gasteiger partial charge >= 0.3 is 0 Å². The summed E-state index contributed by atoms with van der Waals surface area (Å²) in [6.07, 6.45) is 0. The molecule has 21 heavy (non-hydrogen) atoms. The zero-order valence-electron chi connectivity index (χ0n) is 11.9. The third-order valence-corrected chi connectivity index (χ3v) is 2.48. The van der Waals surface area contributed by atoms with Crippen molar-refractivity contribution < 1.29 is 23.4 Å². The normalized spacial score (nSPS) is 9.10. The van der Waals surface area contributed by atoms with Crippen LogP contribution in [0, 0.1) is 5.82 Å². The van der Waals surface area contributed by atoms with Gasteiger partial charge in [-0.25, -0.2) is 4.39 Å². The van der Waals surface area contributed by atoms with E-state index < -0.39 is 0 Å². The molecule has 0 N–H and O–H groups in total. The molecule has 4 nitrogen and oxygen atoms in total. The Labute approximate surface area is 123 Å². The van der Waals surface area contributed by atoms with Gasteiger partial charge in [-0.05, 0) is 18.2 Å². The fourth-order valence-electron chi connectivity index (χ4n) is 1.54. The summed E-state index contributed by atoms with van der Waals surface area (Å²) in [5.74, 6) is 0.974. The minimum absolute atomic E-state index is 0.303. The molecule has 0 aliphatic rings. The van der Waals surface area contributed by atoms with Gasteiger partial charge in [0.05, 0.1) is 14.2 Å². The van der Waals surface area contributed by atoms with E-state index in [2.05, 4.69) is 4.74 Å². The van der Waals surface area contributed by atoms with E-state index in [0.717, 1.165) is 11.3 Å². The minimum Gasteiger partial charge on any atom is -0.496 e. The average Bonchev–Trinajstić information content (AvgIpc) is 2.53. The Morgan fingerprint density at radius 1 is 1.10 bits per heavy atom. The number of ether oxygens (including phenoxy) is 3. The average molecular weight is 292 g/mol. The molecule has 2 rings (SSSR count). The number of para-hydroxylation sites is 1. The molecular weight excluding hydrogens is 275 g/mol. The molecule has 0 unspecified atom stereocenters. The molecule has 0 saturated heterocycles. The van der Waals surface area contributed by atoms with Crippen molar-refractivity contribution in [1.82, 2.24) is 0 Å². The summed E-state index contributed by atoms with van der Waals surface area (Å²) < 4.78 is 27.5. The predicted octanol–water partition coefficient (Wildman–Crippen LogP) is 3.20. The summed E-state index contributed by atoms with van der Waals surface area (Å²) in [5, 5.41) is 0. The highest BCUT2D eigenvalue weighted by Gasteiger charge is 2.02. The zero-order chi connectivity index (χ0) is 15.5. The van der Waals surface area contributed by atoms with Crippen molar-refractivity contribution in [2.75, 3.05) is 14.2 Å². The van der Waals surface area contributed by atoms with Gasteiger partial charge in [-0.1, -0.05) is 24.3 Å². The molecule has 0 aliphatic heterocycles. The molecule has 0 radical (unpaired) electrons. The molecule has 0 spiro atoms. The molecule has 2 aromatic carbocycles. The summed E-state index contributed by atoms with van der Waals surface area (Å²) >= 11 is 0. The molecule has 0 atom stereocenters. The Morgan fingerprint density at radius 2 is 1.81 bits per heavy atom. The number of hydrogen-bond acceptors (Lipinski definition) is 4. The topological polar surface area (TPSA) is 44.8 Å². The van der Waals surface area contributed by atoms with Crippen LogP contribution in [0.15, 0.2) is 48.5 Å². The predicted molar refractivity (Wildman–Crippen MR) is 76.8 cm³/mol. The number of halogens is 1. The highest BCUT2D eigenvalue weighted by molar-refractivity contribution is 5.36. The van der Waals surface area contributed by atoms with Gasteiger partial charge in [0, 0.05) is 11.6 Å². The fraction of sp³-hybridized carbons (Fsp3) is 0.188. The minimum atomic E-state index is -0.303. The third kappa shape index (κ3) is 5.95. The summed E-state index contributed by atoms with van der Waals surface area (Å²) in [6.45, 7) is 0.730. The van der Waals surface area contributed by atoms with Crippen molar-refractivity contribution >= 4 is 6.47 Å². The second-order valence-electron chi connectivity index (χ2n) is 3.89. The van der Waals surface area contributed by atoms with E-state index in [4.69, 9.17) is 14.3 Å². The lowest BCUT2D eigenvalue weighted by atomic mass is 10.2. The number of rotatable bonds is 5. The van der Waals surface area contributed by atoms with Crippen LogP contribution in [-0.4, -0.2) is 20.7 Å². The summed E-state index contributed by atoms with van der Waals surface area (Å²) in [5.41, 5.74) is 0.930. The van der Waals surface area contributed by atoms with Gasteiger partial charge in [-0.15, -0.1) is 0 Å². The zero-order valence-corrected chi connectivity index (χ0v) is 11.9. The van der Waals surface area contributed by atoms with E-state index in [0.29, 0.717) is 18.8 Å². The maximum absolute atomic E-state index is 12.9. The van der Waals surface area contributed by atoms with E-state index in [1.54, 1.807) is 19.2 Å². The molecule has 0 bridgehead atoms. The molecule has 2 aromatic rings. The summed E-state index contributed by atoms with van der Waals surface area (Å²) in [6, 6.07) is 13.7. The summed E-state index contributed by atoms with van der Waals surface area (Å²) in [4.78, 5) is 8.95. The van der Waals surface area contributed by atoms with E-state index in [1.165, 1.54) is 19.2 Å². The van der Waals surface area contributed by atoms with Crippen molar-refractivity contribution in [1.29, 1.82) is 0 Å². The van der Waals surface area contributed by atoms with E-state index in [-0.39, 0.29) is 5.82 Å². The quantitative estimate of drug-likeness (QED) is 0.794. The number of methoxy groups -OCH3 is 2. The van der Waals surface area contributed by atoms with Gasteiger partial charge < -0.3 is 14.2 Å². The number of carbonyl (C=O) groups is 1. The Bertz CT molecular complexity index is 557. The van der Waals surface area contributed by atoms with Crippen LogP contribution in [0.25, 0.3) is 0 Å². The second-order valence-corrected chi connectivity index (χ2v) is 3.89. The molecule has 0 fully saturated rings. The molecule has 0 saturated carbocycles. The van der Waals surface area contributed by atoms with E-state index in [9.17, 15) is 4.39 Å². The molecule has 0 amide bonds. The molecule has 5 heteroatoms. The summed E-state index contributed by atoms with van der Waals surface area (Å²) in [7, 11) is 2.92. The van der Waals surface area contributed by atoms with Gasteiger partial charge in [0.15, 0.2) is 0 Å². The van der Waals surface area contributed by atoms with E-state index >= 15 is 0 Å². The van der Waals surface area contributed by atoms with Crippen LogP contribution in [0.2, 0.25) is 0 Å². The highest BCUT2D eigenvalue weighted by atomic mass is 19.1. The molecular formula is C16H17FO4. The lowest BCUT2D eigenvalue weighted by Crippen LogP contribution is -1.98. The smallest absolute Gasteiger partial charge is 0.292 e. The highest BCUT2D eigenvalue weighted by Crippen LogP contribution is 2.20. The van der Waals surface area contributed by atoms with Crippen molar-refractivity contribution in [2.24, 2.45) is 0 Å². The maximum atomic E-state index is 12.9. The molecule has 0 heterocycles. The van der Waals surface area contributed by atoms with Crippen LogP contribution in [-0.2, 0) is 16.1 Å². The van der Waals surface area contributed by atoms with Crippen LogP contribution in [0.1, 0.15) is 5.56 Å². The van der Waals surface area contributed by atoms with Crippen LogP contribution < -0.4 is 9.47 Å². The van der Waals surface area contributed by atoms with Crippen molar-refractivity contribution in [3.05, 3.63) is 59.9 Å². The van der Waals surface area contributed by atoms with Crippen LogP contribution in [0.4, 0.5) is 4.39 Å². The number of benzene rings is 2. The van der Waals surface area contributed by atoms with E-state index in [1.807, 2.05) is 24.3 Å². The monoisotopic (exact) mass is 292 g/mol. The molecule has 0 aromatic heterocycles. The Balaban J connectivity index is 0.000000491. The second kappa shape index (κ2) is 9.36. The standard InChI is InChI=1S/C14H13FO2.C2H4O2/c1-16-14-8-3-2-5-11(14)10-17-13-7-4-6-12(15)9-13;1-4-2-3/h2-9H,10H2,1H3;2H,1H3. The SMILES string of the molecule is COC=O.COc1ccccc1COc1cccc(F)c1. The molecule has 112 valence electrons. The van der Waals surface area contributed by atoms with Gasteiger partial charge in [-0.2, -0.15) is 0 Å². The first-order valence-corrected chi connectivity index (χ1v) is 6.18. The Kier molecular flexibility index (Phi) is 7.35. The lowest BCUT2D eigenvalue weighted by Gasteiger charge is -2.09. The number of hydrogen-bond donors (Lipinski definition) is 0. The largest absolute Gasteiger partial charge is 0.496 e. The third-order valence-electron chi connectivity index (χ3n) is 2.48. The Morgan fingerprint density at radius 3 is 2.43 bits per heavy atom. The van der Waals surface area contributed by atoms with Gasteiger partial charge in [0.1, 0.15) is 23.9 Å². The maximum Gasteiger partial charge on any atom is 0.292 e. The van der Waals surface area contributed by atoms with Crippen LogP contribution in [0.3, 0.4) is 0 Å². The van der Waals surface area contributed by atoms with Crippen molar-refractivity contribution in [3.63, 3.8) is 0 Å². The van der Waals surface area contributed by atoms with Crippen LogP contribution in [0.5, 0.6) is 11.5 Å². The van der Waals surface area contributed by atoms with Crippen molar-refractivity contribution in [3.8, 4) is 11.5 Å². The van der Waals surface area contributed by atoms with Gasteiger partial charge in [0.2, 0.25) is 0 Å². The number of carbonyl (C=O) groups excluding carboxylic acids is 1. The van der Waals surface area contributed by atoms with Gasteiger partial charge in [0.25, 0.3) is 6.47 Å². The molecule has 0 aliphatic carbocycles. The fourth-order valence-corrected chi connectivity index (χ4v) is 1.54. The lowest BCUT2D eigenvalue weighted by molar-refractivity contribution is -0.126. The first-order valence-electron chi connectivity index (χ1n) is 6.18. The van der Waals surface area contributed by atoms with Crippen LogP contribution >= 0.6 is 0 Å². The van der Waals surface area contributed by atoms with Crippen molar-refractivity contribution in [2.45, 2.75) is 6.61 Å². The first kappa shape index (κ1) is 16.5. The Hall–Kier alpha value is -2.56. The van der Waals surface area contributed by atoms with Gasteiger partial charge in [-0.3, -0.25) is 4.79 Å².